The summed E-state index contributed by atoms with van der Waals surface area (Å²) in [5.74, 6) is 0. The largest absolute Gasteiger partial charge is 0.350 e. The Balaban J connectivity index is 2.78. The van der Waals surface area contributed by atoms with E-state index in [2.05, 4.69) is 30.0 Å². The maximum absolute atomic E-state index is 4.28. The smallest absolute Gasteiger partial charge is 0.127 e. The minimum atomic E-state index is -0.368. The van der Waals surface area contributed by atoms with Crippen molar-refractivity contribution in [2.45, 2.75) is 26.4 Å². The van der Waals surface area contributed by atoms with Crippen LogP contribution in [0.15, 0.2) is 6.20 Å². The Kier molecular flexibility index (Phi) is 2.27. The molecule has 0 spiro atoms. The maximum Gasteiger partial charge on any atom is 0.127 e. The van der Waals surface area contributed by atoms with E-state index in [-0.39, 0.29) is 8.80 Å². The second-order valence-electron chi connectivity index (χ2n) is 2.61. The Labute approximate surface area is 63.3 Å². The molecule has 0 amide bonds. The van der Waals surface area contributed by atoms with Gasteiger partial charge in [-0.2, -0.15) is 0 Å². The lowest BCUT2D eigenvalue weighted by Gasteiger charge is -1.94. The normalized spacial score (nSPS) is 10.8. The van der Waals surface area contributed by atoms with E-state index in [4.69, 9.17) is 0 Å². The van der Waals surface area contributed by atoms with E-state index in [0.717, 1.165) is 6.42 Å². The molecular formula is C7H13N2Si. The van der Waals surface area contributed by atoms with Gasteiger partial charge in [0.2, 0.25) is 0 Å². The molecule has 2 nitrogen and oxygen atoms in total. The van der Waals surface area contributed by atoms with Crippen LogP contribution >= 0.6 is 0 Å². The highest BCUT2D eigenvalue weighted by Crippen LogP contribution is 1.90. The number of aryl methyl sites for hydroxylation is 1. The Hall–Kier alpha value is -0.573. The third kappa shape index (κ3) is 1.47. The van der Waals surface area contributed by atoms with Gasteiger partial charge in [-0.15, -0.1) is 0 Å². The van der Waals surface area contributed by atoms with E-state index in [9.17, 15) is 0 Å². The predicted molar refractivity (Wildman–Crippen MR) is 45.1 cm³/mol. The number of rotatable bonds is 2. The monoisotopic (exact) mass is 153 g/mol. The molecule has 0 saturated carbocycles. The second kappa shape index (κ2) is 3.01. The Bertz CT molecular complexity index is 205. The number of nitrogens with zero attached hydrogens (tertiary/aromatic N) is 1. The van der Waals surface area contributed by atoms with Crippen molar-refractivity contribution in [2.75, 3.05) is 0 Å². The van der Waals surface area contributed by atoms with E-state index in [1.165, 1.54) is 11.1 Å². The minimum absolute atomic E-state index is 0.368. The van der Waals surface area contributed by atoms with Crippen LogP contribution in [0, 0.1) is 0 Å². The Morgan fingerprint density at radius 3 is 2.60 bits per heavy atom. The summed E-state index contributed by atoms with van der Waals surface area (Å²) in [5.41, 5.74) is 2.45. The zero-order chi connectivity index (χ0) is 7.56. The molecule has 0 aliphatic heterocycles. The first-order valence-electron chi connectivity index (χ1n) is 3.58. The predicted octanol–water partition coefficient (Wildman–Crippen LogP) is 0.933. The van der Waals surface area contributed by atoms with E-state index in [1.807, 2.05) is 6.20 Å². The molecule has 1 radical (unpaired) electrons. The van der Waals surface area contributed by atoms with Gasteiger partial charge in [0.15, 0.2) is 0 Å². The van der Waals surface area contributed by atoms with Gasteiger partial charge >= 0.3 is 0 Å². The first kappa shape index (κ1) is 7.53. The lowest BCUT2D eigenvalue weighted by molar-refractivity contribution is 1.07. The van der Waals surface area contributed by atoms with Crippen molar-refractivity contribution in [2.24, 2.45) is 0 Å². The molecule has 1 N–H and O–H groups in total. The molecule has 1 aromatic rings. The first-order valence-corrected chi connectivity index (χ1v) is 6.08. The molecular weight excluding hydrogens is 140 g/mol. The zero-order valence-electron chi connectivity index (χ0n) is 6.73. The molecule has 0 atom stereocenters. The van der Waals surface area contributed by atoms with Crippen molar-refractivity contribution in [3.05, 3.63) is 11.9 Å². The van der Waals surface area contributed by atoms with E-state index in [1.54, 1.807) is 0 Å². The fourth-order valence-corrected chi connectivity index (χ4v) is 1.53. The van der Waals surface area contributed by atoms with Gasteiger partial charge in [0.1, 0.15) is 8.80 Å². The molecule has 1 aromatic heterocycles. The van der Waals surface area contributed by atoms with Crippen molar-refractivity contribution in [1.29, 1.82) is 0 Å². The fourth-order valence-electron chi connectivity index (χ4n) is 0.793. The first-order chi connectivity index (χ1) is 4.74. The summed E-state index contributed by atoms with van der Waals surface area (Å²) in [5, 5.41) is 0. The molecule has 3 heteroatoms. The van der Waals surface area contributed by atoms with Crippen LogP contribution in [0.3, 0.4) is 0 Å². The molecule has 0 aliphatic carbocycles. The van der Waals surface area contributed by atoms with Crippen LogP contribution in [0.2, 0.25) is 13.1 Å². The lowest BCUT2D eigenvalue weighted by atomic mass is 10.4. The number of aromatic amines is 1. The number of nitrogens with one attached hydrogen (secondary N) is 1. The van der Waals surface area contributed by atoms with Crippen molar-refractivity contribution < 1.29 is 0 Å². The molecule has 0 bridgehead atoms. The van der Waals surface area contributed by atoms with Crippen molar-refractivity contribution in [1.82, 2.24) is 9.97 Å². The van der Waals surface area contributed by atoms with Crippen LogP contribution in [-0.2, 0) is 6.42 Å². The molecule has 55 valence electrons. The second-order valence-corrected chi connectivity index (χ2v) is 5.08. The van der Waals surface area contributed by atoms with E-state index in [0.29, 0.717) is 0 Å². The maximum atomic E-state index is 4.28. The van der Waals surface area contributed by atoms with Gasteiger partial charge in [0.05, 0.1) is 5.45 Å². The highest BCUT2D eigenvalue weighted by molar-refractivity contribution is 6.69. The van der Waals surface area contributed by atoms with E-state index >= 15 is 0 Å². The Morgan fingerprint density at radius 2 is 2.30 bits per heavy atom. The highest BCUT2D eigenvalue weighted by Gasteiger charge is 2.03. The third-order valence-electron chi connectivity index (χ3n) is 1.48. The van der Waals surface area contributed by atoms with Gasteiger partial charge in [0, 0.05) is 11.9 Å². The molecule has 0 unspecified atom stereocenters. The summed E-state index contributed by atoms with van der Waals surface area (Å²) < 4.78 is 0. The van der Waals surface area contributed by atoms with Crippen molar-refractivity contribution in [3.63, 3.8) is 0 Å². The number of aromatic nitrogens is 2. The molecule has 0 fully saturated rings. The Morgan fingerprint density at radius 1 is 1.60 bits per heavy atom. The third-order valence-corrected chi connectivity index (χ3v) is 2.68. The van der Waals surface area contributed by atoms with Gasteiger partial charge < -0.3 is 4.98 Å². The number of hydrogen-bond acceptors (Lipinski definition) is 1. The van der Waals surface area contributed by atoms with Gasteiger partial charge in [-0.1, -0.05) is 20.0 Å². The lowest BCUT2D eigenvalue weighted by Crippen LogP contribution is -2.26. The number of imidazole rings is 1. The zero-order valence-corrected chi connectivity index (χ0v) is 7.73. The minimum Gasteiger partial charge on any atom is -0.350 e. The molecule has 1 rings (SSSR count). The molecule has 0 saturated heterocycles. The highest BCUT2D eigenvalue weighted by atomic mass is 28.3. The fraction of sp³-hybridized carbons (Fsp3) is 0.571. The molecule has 1 heterocycles. The average Bonchev–Trinajstić information content (AvgIpc) is 2.34. The van der Waals surface area contributed by atoms with Crippen LogP contribution in [0.1, 0.15) is 12.6 Å². The van der Waals surface area contributed by atoms with Gasteiger partial charge in [-0.05, 0) is 6.42 Å². The van der Waals surface area contributed by atoms with E-state index < -0.39 is 0 Å². The summed E-state index contributed by atoms with van der Waals surface area (Å²) >= 11 is 0. The van der Waals surface area contributed by atoms with Crippen molar-refractivity contribution >= 4 is 14.2 Å². The summed E-state index contributed by atoms with van der Waals surface area (Å²) in [6.07, 6.45) is 3.00. The van der Waals surface area contributed by atoms with Crippen LogP contribution in [0.25, 0.3) is 0 Å². The summed E-state index contributed by atoms with van der Waals surface area (Å²) in [6, 6.07) is 0. The summed E-state index contributed by atoms with van der Waals surface area (Å²) in [4.78, 5) is 7.57. The molecule has 0 aromatic carbocycles. The van der Waals surface area contributed by atoms with Crippen LogP contribution in [0.5, 0.6) is 0 Å². The topological polar surface area (TPSA) is 28.7 Å². The molecule has 0 aliphatic rings. The quantitative estimate of drug-likeness (QED) is 0.629. The summed E-state index contributed by atoms with van der Waals surface area (Å²) in [7, 11) is -0.368. The molecule has 10 heavy (non-hydrogen) atoms. The summed E-state index contributed by atoms with van der Waals surface area (Å²) in [6.45, 7) is 6.61. The van der Waals surface area contributed by atoms with Crippen molar-refractivity contribution in [3.8, 4) is 0 Å². The standard InChI is InChI=1S/C7H13N2Si/c1-4-6-5-8-7(9-6)10(2)3/h5H,4H2,1-3H3,(H,8,9). The average molecular weight is 153 g/mol. The van der Waals surface area contributed by atoms with Crippen LogP contribution < -0.4 is 5.45 Å². The SMILES string of the molecule is CCc1cnc([Si](C)C)[nH]1. The van der Waals surface area contributed by atoms with Gasteiger partial charge in [-0.25, -0.2) is 4.98 Å². The van der Waals surface area contributed by atoms with Crippen LogP contribution in [-0.4, -0.2) is 18.8 Å². The number of hydrogen-bond donors (Lipinski definition) is 1. The van der Waals surface area contributed by atoms with Gasteiger partial charge in [-0.3, -0.25) is 0 Å². The van der Waals surface area contributed by atoms with Gasteiger partial charge in [0.25, 0.3) is 0 Å². The van der Waals surface area contributed by atoms with Crippen LogP contribution in [0.4, 0.5) is 0 Å². The number of H-pyrrole nitrogens is 1.